The Balaban J connectivity index is 1.72. The van der Waals surface area contributed by atoms with E-state index in [0.29, 0.717) is 6.04 Å². The molecule has 1 atom stereocenters. The highest BCUT2D eigenvalue weighted by molar-refractivity contribution is 5.53. The molecule has 2 aromatic rings. The minimum atomic E-state index is 0.394. The van der Waals surface area contributed by atoms with Gasteiger partial charge in [-0.3, -0.25) is 9.30 Å². The third-order valence-electron chi connectivity index (χ3n) is 5.11. The lowest BCUT2D eigenvalue weighted by atomic mass is 10.1. The molecule has 5 heteroatoms. The number of rotatable bonds is 2. The first-order valence-corrected chi connectivity index (χ1v) is 8.34. The Hall–Kier alpha value is -1.59. The van der Waals surface area contributed by atoms with Crippen molar-refractivity contribution in [2.75, 3.05) is 51.7 Å². The standard InChI is InChI=1S/C17H25N5/c1-19-10-11-20(2)15(13-19)14-12-22-16(18-14)6-5-7-17(22)21-8-3-4-9-21/h5-7,12,15H,3-4,8-11,13H2,1-2H3/t15-/m1/s1. The number of anilines is 1. The molecule has 2 saturated heterocycles. The summed E-state index contributed by atoms with van der Waals surface area (Å²) in [6.07, 6.45) is 4.85. The number of pyridine rings is 1. The number of aromatic nitrogens is 2. The van der Waals surface area contributed by atoms with Crippen molar-refractivity contribution in [2.45, 2.75) is 18.9 Å². The van der Waals surface area contributed by atoms with E-state index < -0.39 is 0 Å². The summed E-state index contributed by atoms with van der Waals surface area (Å²) in [5, 5.41) is 0. The highest BCUT2D eigenvalue weighted by atomic mass is 15.3. The number of hydrogen-bond acceptors (Lipinski definition) is 4. The molecule has 2 aromatic heterocycles. The average Bonchev–Trinajstić information content (AvgIpc) is 3.17. The molecule has 0 spiro atoms. The van der Waals surface area contributed by atoms with Gasteiger partial charge in [0.05, 0.1) is 11.7 Å². The van der Waals surface area contributed by atoms with Crippen LogP contribution >= 0.6 is 0 Å². The van der Waals surface area contributed by atoms with Gasteiger partial charge in [-0.05, 0) is 39.1 Å². The van der Waals surface area contributed by atoms with Crippen LogP contribution in [0.4, 0.5) is 5.82 Å². The summed E-state index contributed by atoms with van der Waals surface area (Å²) in [5.41, 5.74) is 2.27. The number of fused-ring (bicyclic) bond motifs is 1. The Labute approximate surface area is 132 Å². The summed E-state index contributed by atoms with van der Waals surface area (Å²) < 4.78 is 2.28. The van der Waals surface area contributed by atoms with Gasteiger partial charge in [-0.1, -0.05) is 6.07 Å². The van der Waals surface area contributed by atoms with E-state index in [0.717, 1.165) is 25.3 Å². The van der Waals surface area contributed by atoms with Crippen LogP contribution in [0.1, 0.15) is 24.6 Å². The zero-order valence-corrected chi connectivity index (χ0v) is 13.6. The first-order chi connectivity index (χ1) is 10.7. The average molecular weight is 299 g/mol. The van der Waals surface area contributed by atoms with E-state index in [-0.39, 0.29) is 0 Å². The first kappa shape index (κ1) is 14.0. The molecular formula is C17H25N5. The number of likely N-dealkylation sites (N-methyl/N-ethyl adjacent to an activating group) is 2. The largest absolute Gasteiger partial charge is 0.358 e. The van der Waals surface area contributed by atoms with Gasteiger partial charge >= 0.3 is 0 Å². The zero-order chi connectivity index (χ0) is 15.1. The van der Waals surface area contributed by atoms with Crippen molar-refractivity contribution in [3.8, 4) is 0 Å². The van der Waals surface area contributed by atoms with E-state index in [4.69, 9.17) is 4.98 Å². The third kappa shape index (κ3) is 2.38. The lowest BCUT2D eigenvalue weighted by Gasteiger charge is -2.36. The molecule has 0 saturated carbocycles. The molecule has 0 radical (unpaired) electrons. The second-order valence-electron chi connectivity index (χ2n) is 6.73. The third-order valence-corrected chi connectivity index (χ3v) is 5.11. The van der Waals surface area contributed by atoms with Crippen LogP contribution in [-0.2, 0) is 0 Å². The molecule has 0 unspecified atom stereocenters. The molecule has 4 rings (SSSR count). The fourth-order valence-electron chi connectivity index (χ4n) is 3.71. The van der Waals surface area contributed by atoms with E-state index in [1.807, 2.05) is 0 Å². The molecule has 2 fully saturated rings. The molecule has 118 valence electrons. The van der Waals surface area contributed by atoms with Gasteiger partial charge < -0.3 is 9.80 Å². The Bertz CT molecular complexity index is 658. The molecule has 0 aromatic carbocycles. The Morgan fingerprint density at radius 1 is 1.05 bits per heavy atom. The van der Waals surface area contributed by atoms with Crippen molar-refractivity contribution >= 4 is 11.5 Å². The van der Waals surface area contributed by atoms with Crippen molar-refractivity contribution in [3.05, 3.63) is 30.1 Å². The maximum absolute atomic E-state index is 4.92. The maximum atomic E-state index is 4.92. The van der Waals surface area contributed by atoms with Crippen LogP contribution < -0.4 is 4.90 Å². The van der Waals surface area contributed by atoms with Crippen LogP contribution in [0.3, 0.4) is 0 Å². The van der Waals surface area contributed by atoms with E-state index in [2.05, 4.69) is 57.6 Å². The predicted molar refractivity (Wildman–Crippen MR) is 89.5 cm³/mol. The number of nitrogens with zero attached hydrogens (tertiary/aromatic N) is 5. The van der Waals surface area contributed by atoms with Crippen LogP contribution in [0.25, 0.3) is 5.65 Å². The van der Waals surface area contributed by atoms with Crippen LogP contribution in [-0.4, -0.2) is 66.0 Å². The minimum absolute atomic E-state index is 0.394. The van der Waals surface area contributed by atoms with Crippen LogP contribution in [0.5, 0.6) is 0 Å². The van der Waals surface area contributed by atoms with Crippen LogP contribution in [0.2, 0.25) is 0 Å². The van der Waals surface area contributed by atoms with Gasteiger partial charge in [-0.15, -0.1) is 0 Å². The van der Waals surface area contributed by atoms with E-state index >= 15 is 0 Å². The van der Waals surface area contributed by atoms with Crippen molar-refractivity contribution in [3.63, 3.8) is 0 Å². The molecule has 2 aliphatic rings. The monoisotopic (exact) mass is 299 g/mol. The van der Waals surface area contributed by atoms with E-state index in [1.54, 1.807) is 0 Å². The quantitative estimate of drug-likeness (QED) is 0.846. The molecular weight excluding hydrogens is 274 g/mol. The minimum Gasteiger partial charge on any atom is -0.358 e. The molecule has 0 bridgehead atoms. The topological polar surface area (TPSA) is 27.0 Å². The second kappa shape index (κ2) is 5.56. The van der Waals surface area contributed by atoms with Crippen molar-refractivity contribution < 1.29 is 0 Å². The molecule has 4 heterocycles. The van der Waals surface area contributed by atoms with Crippen LogP contribution in [0, 0.1) is 0 Å². The number of hydrogen-bond donors (Lipinski definition) is 0. The molecule has 2 aliphatic heterocycles. The van der Waals surface area contributed by atoms with Gasteiger partial charge in [0, 0.05) is 38.9 Å². The summed E-state index contributed by atoms with van der Waals surface area (Å²) >= 11 is 0. The summed E-state index contributed by atoms with van der Waals surface area (Å²) in [5.74, 6) is 1.29. The normalized spacial score (nSPS) is 24.5. The highest BCUT2D eigenvalue weighted by Crippen LogP contribution is 2.27. The van der Waals surface area contributed by atoms with Gasteiger partial charge in [0.2, 0.25) is 0 Å². The van der Waals surface area contributed by atoms with Crippen molar-refractivity contribution in [1.29, 1.82) is 0 Å². The lowest BCUT2D eigenvalue weighted by molar-refractivity contribution is 0.113. The highest BCUT2D eigenvalue weighted by Gasteiger charge is 2.26. The summed E-state index contributed by atoms with van der Waals surface area (Å²) in [6, 6.07) is 6.87. The zero-order valence-electron chi connectivity index (χ0n) is 13.6. The Morgan fingerprint density at radius 2 is 1.86 bits per heavy atom. The molecule has 0 N–H and O–H groups in total. The molecule has 0 amide bonds. The molecule has 0 aliphatic carbocycles. The Morgan fingerprint density at radius 3 is 2.68 bits per heavy atom. The van der Waals surface area contributed by atoms with Gasteiger partial charge in [-0.2, -0.15) is 0 Å². The smallest absolute Gasteiger partial charge is 0.138 e. The van der Waals surface area contributed by atoms with Gasteiger partial charge in [0.25, 0.3) is 0 Å². The van der Waals surface area contributed by atoms with Gasteiger partial charge in [0.1, 0.15) is 11.5 Å². The first-order valence-electron chi connectivity index (χ1n) is 8.34. The summed E-state index contributed by atoms with van der Waals surface area (Å²) in [7, 11) is 4.41. The van der Waals surface area contributed by atoms with Gasteiger partial charge in [-0.25, -0.2) is 4.98 Å². The van der Waals surface area contributed by atoms with Gasteiger partial charge in [0.15, 0.2) is 0 Å². The predicted octanol–water partition coefficient (Wildman–Crippen LogP) is 1.85. The Kier molecular flexibility index (Phi) is 3.54. The maximum Gasteiger partial charge on any atom is 0.138 e. The molecule has 22 heavy (non-hydrogen) atoms. The van der Waals surface area contributed by atoms with E-state index in [1.165, 1.54) is 37.4 Å². The fourth-order valence-corrected chi connectivity index (χ4v) is 3.71. The fraction of sp³-hybridized carbons (Fsp3) is 0.588. The molecule has 5 nitrogen and oxygen atoms in total. The summed E-state index contributed by atoms with van der Waals surface area (Å²) in [6.45, 7) is 5.63. The lowest BCUT2D eigenvalue weighted by Crippen LogP contribution is -2.44. The number of piperazine rings is 1. The van der Waals surface area contributed by atoms with Crippen molar-refractivity contribution in [2.24, 2.45) is 0 Å². The van der Waals surface area contributed by atoms with Crippen molar-refractivity contribution in [1.82, 2.24) is 19.2 Å². The SMILES string of the molecule is CN1CCN(C)[C@@H](c2cn3c(N4CCCC4)cccc3n2)C1. The number of imidazole rings is 1. The van der Waals surface area contributed by atoms with Crippen LogP contribution in [0.15, 0.2) is 24.4 Å². The van der Waals surface area contributed by atoms with E-state index in [9.17, 15) is 0 Å². The summed E-state index contributed by atoms with van der Waals surface area (Å²) in [4.78, 5) is 12.2. The second-order valence-corrected chi connectivity index (χ2v) is 6.73.